The molecule has 8 aromatic carbocycles. The van der Waals surface area contributed by atoms with Crippen LogP contribution in [-0.2, 0) is 18.3 Å². The second kappa shape index (κ2) is 14.6. The Kier molecular flexibility index (Phi) is 9.09. The maximum atomic E-state index is 2.46. The Hall–Kier alpha value is -6.64. The molecule has 0 aromatic heterocycles. The van der Waals surface area contributed by atoms with Crippen molar-refractivity contribution < 1.29 is 0 Å². The second-order valence-corrected chi connectivity index (χ2v) is 14.3. The van der Waals surface area contributed by atoms with Gasteiger partial charge in [-0.2, -0.15) is 0 Å². The van der Waals surface area contributed by atoms with Crippen molar-refractivity contribution in [3.63, 3.8) is 0 Å². The van der Waals surface area contributed by atoms with Gasteiger partial charge in [0.05, 0.1) is 5.41 Å². The Labute approximate surface area is 325 Å². The molecule has 0 saturated carbocycles. The van der Waals surface area contributed by atoms with Gasteiger partial charge in [0.25, 0.3) is 0 Å². The van der Waals surface area contributed by atoms with Crippen LogP contribution in [0.3, 0.4) is 0 Å². The van der Waals surface area contributed by atoms with Crippen molar-refractivity contribution in [1.82, 2.24) is 0 Å². The van der Waals surface area contributed by atoms with Gasteiger partial charge in [0.1, 0.15) is 0 Å². The van der Waals surface area contributed by atoms with Crippen LogP contribution in [0.2, 0.25) is 0 Å². The number of aryl methyl sites for hydroxylation is 2. The molecule has 0 fully saturated rings. The fraction of sp³-hybridized carbons (Fsp3) is 0.0943. The molecule has 0 spiro atoms. The first-order chi connectivity index (χ1) is 27.2. The first-order valence-electron chi connectivity index (χ1n) is 19.5. The molecular weight excluding hydrogens is 665 g/mol. The van der Waals surface area contributed by atoms with Gasteiger partial charge in [0, 0.05) is 34.1 Å². The molecule has 0 radical (unpaired) electrons. The predicted molar refractivity (Wildman–Crippen MR) is 232 cm³/mol. The monoisotopic (exact) mass is 708 g/mol. The van der Waals surface area contributed by atoms with Crippen molar-refractivity contribution in [3.05, 3.63) is 240 Å². The number of anilines is 6. The van der Waals surface area contributed by atoms with Crippen LogP contribution in [0, 0.1) is 0 Å². The summed E-state index contributed by atoms with van der Waals surface area (Å²) in [4.78, 5) is 4.76. The molecule has 55 heavy (non-hydrogen) atoms. The minimum atomic E-state index is -0.590. The molecule has 1 aliphatic rings. The Bertz CT molecular complexity index is 2270. The predicted octanol–water partition coefficient (Wildman–Crippen LogP) is 14.1. The minimum Gasteiger partial charge on any atom is -0.310 e. The van der Waals surface area contributed by atoms with Crippen LogP contribution in [0.1, 0.15) is 47.2 Å². The van der Waals surface area contributed by atoms with E-state index in [9.17, 15) is 0 Å². The van der Waals surface area contributed by atoms with Crippen LogP contribution in [0.4, 0.5) is 34.1 Å². The number of para-hydroxylation sites is 4. The molecule has 0 atom stereocenters. The van der Waals surface area contributed by atoms with Crippen LogP contribution in [0.5, 0.6) is 0 Å². The minimum absolute atomic E-state index is 0.590. The van der Waals surface area contributed by atoms with E-state index in [0.29, 0.717) is 0 Å². The fourth-order valence-corrected chi connectivity index (χ4v) is 8.55. The van der Waals surface area contributed by atoms with Crippen LogP contribution < -0.4 is 9.80 Å². The van der Waals surface area contributed by atoms with Crippen LogP contribution in [0.25, 0.3) is 11.1 Å². The number of nitrogens with zero attached hydrogens (tertiary/aromatic N) is 2. The molecule has 0 unspecified atom stereocenters. The summed E-state index contributed by atoms with van der Waals surface area (Å²) in [5, 5.41) is 0. The standard InChI is InChI=1S/C53H44N2/c1-3-39-25-29-41(30-26-39)53(42-31-27-40(4-2)28-32-42)51-37-47(54(43-17-9-5-10-18-43)44-19-11-6-12-20-44)33-35-49(51)50-36-34-48(38-52(50)53)55(45-21-13-7-14-22-45)46-23-15-8-16-24-46/h5-38H,3-4H2,1-2H3. The van der Waals surface area contributed by atoms with Gasteiger partial charge in [-0.3, -0.25) is 0 Å². The lowest BCUT2D eigenvalue weighted by atomic mass is 9.67. The Morgan fingerprint density at radius 2 is 0.636 bits per heavy atom. The fourth-order valence-electron chi connectivity index (χ4n) is 8.55. The Morgan fingerprint density at radius 1 is 0.327 bits per heavy atom. The van der Waals surface area contributed by atoms with E-state index >= 15 is 0 Å². The highest BCUT2D eigenvalue weighted by atomic mass is 15.1. The van der Waals surface area contributed by atoms with Gasteiger partial charge >= 0.3 is 0 Å². The molecule has 266 valence electrons. The number of hydrogen-bond donors (Lipinski definition) is 0. The quantitative estimate of drug-likeness (QED) is 0.140. The van der Waals surface area contributed by atoms with E-state index in [0.717, 1.165) is 47.0 Å². The molecule has 1 aliphatic carbocycles. The molecule has 8 aromatic rings. The maximum Gasteiger partial charge on any atom is 0.0715 e. The van der Waals surface area contributed by atoms with Crippen molar-refractivity contribution in [2.75, 3.05) is 9.80 Å². The van der Waals surface area contributed by atoms with Gasteiger partial charge < -0.3 is 9.80 Å². The number of fused-ring (bicyclic) bond motifs is 3. The molecule has 2 nitrogen and oxygen atoms in total. The van der Waals surface area contributed by atoms with Crippen LogP contribution >= 0.6 is 0 Å². The molecule has 0 aliphatic heterocycles. The summed E-state index contributed by atoms with van der Waals surface area (Å²) in [5.74, 6) is 0. The largest absolute Gasteiger partial charge is 0.310 e. The van der Waals surface area contributed by atoms with Gasteiger partial charge in [0.15, 0.2) is 0 Å². The van der Waals surface area contributed by atoms with Gasteiger partial charge in [-0.1, -0.05) is 147 Å². The second-order valence-electron chi connectivity index (χ2n) is 14.3. The Balaban J connectivity index is 1.35. The molecular formula is C53H44N2. The summed E-state index contributed by atoms with van der Waals surface area (Å²) in [6.07, 6.45) is 1.98. The van der Waals surface area contributed by atoms with Crippen molar-refractivity contribution >= 4 is 34.1 Å². The van der Waals surface area contributed by atoms with E-state index in [1.54, 1.807) is 0 Å². The molecule has 0 heterocycles. The molecule has 0 bridgehead atoms. The van der Waals surface area contributed by atoms with Gasteiger partial charge in [-0.05, 0) is 130 Å². The third kappa shape index (κ3) is 6.01. The highest BCUT2D eigenvalue weighted by molar-refractivity contribution is 5.91. The van der Waals surface area contributed by atoms with Crippen molar-refractivity contribution in [1.29, 1.82) is 0 Å². The topological polar surface area (TPSA) is 6.48 Å². The highest BCUT2D eigenvalue weighted by Gasteiger charge is 2.47. The van der Waals surface area contributed by atoms with E-state index in [-0.39, 0.29) is 0 Å². The zero-order valence-electron chi connectivity index (χ0n) is 31.4. The van der Waals surface area contributed by atoms with E-state index < -0.39 is 5.41 Å². The third-order valence-corrected chi connectivity index (χ3v) is 11.3. The number of benzene rings is 8. The summed E-state index contributed by atoms with van der Waals surface area (Å²) in [6.45, 7) is 4.47. The van der Waals surface area contributed by atoms with Crippen LogP contribution in [-0.4, -0.2) is 0 Å². The SMILES string of the molecule is CCc1ccc(C2(c3ccc(CC)cc3)c3cc(N(c4ccccc4)c4ccccc4)ccc3-c3ccc(N(c4ccccc4)c4ccccc4)cc32)cc1. The van der Waals surface area contributed by atoms with E-state index in [1.807, 2.05) is 0 Å². The molecule has 0 N–H and O–H groups in total. The third-order valence-electron chi connectivity index (χ3n) is 11.3. The smallest absolute Gasteiger partial charge is 0.0715 e. The first kappa shape index (κ1) is 34.1. The number of rotatable bonds is 10. The summed E-state index contributed by atoms with van der Waals surface area (Å²) in [7, 11) is 0. The van der Waals surface area contributed by atoms with Crippen molar-refractivity contribution in [3.8, 4) is 11.1 Å². The molecule has 0 amide bonds. The molecule has 9 rings (SSSR count). The maximum absolute atomic E-state index is 2.46. The van der Waals surface area contributed by atoms with Gasteiger partial charge in [-0.25, -0.2) is 0 Å². The van der Waals surface area contributed by atoms with Crippen LogP contribution in [0.15, 0.2) is 206 Å². The molecule has 0 saturated heterocycles. The Morgan fingerprint density at radius 3 is 0.927 bits per heavy atom. The highest BCUT2D eigenvalue weighted by Crippen LogP contribution is 2.58. The molecule has 2 heteroatoms. The first-order valence-corrected chi connectivity index (χ1v) is 19.5. The van der Waals surface area contributed by atoms with E-state index in [2.05, 4.69) is 230 Å². The van der Waals surface area contributed by atoms with Crippen molar-refractivity contribution in [2.45, 2.75) is 32.1 Å². The zero-order valence-corrected chi connectivity index (χ0v) is 31.4. The summed E-state index contributed by atoms with van der Waals surface area (Å²) in [6, 6.07) is 75.9. The normalized spacial score (nSPS) is 12.5. The summed E-state index contributed by atoms with van der Waals surface area (Å²) >= 11 is 0. The van der Waals surface area contributed by atoms with E-state index in [4.69, 9.17) is 0 Å². The lowest BCUT2D eigenvalue weighted by Gasteiger charge is -2.36. The average molecular weight is 709 g/mol. The zero-order chi connectivity index (χ0) is 37.2. The lowest BCUT2D eigenvalue weighted by molar-refractivity contribution is 0.766. The van der Waals surface area contributed by atoms with Crippen molar-refractivity contribution in [2.24, 2.45) is 0 Å². The van der Waals surface area contributed by atoms with Gasteiger partial charge in [-0.15, -0.1) is 0 Å². The number of hydrogen-bond acceptors (Lipinski definition) is 2. The van der Waals surface area contributed by atoms with E-state index in [1.165, 1.54) is 44.5 Å². The summed E-state index contributed by atoms with van der Waals surface area (Å²) < 4.78 is 0. The average Bonchev–Trinajstić information content (AvgIpc) is 3.55. The lowest BCUT2D eigenvalue weighted by Crippen LogP contribution is -2.29. The summed E-state index contributed by atoms with van der Waals surface area (Å²) in [5.41, 5.74) is 16.4. The van der Waals surface area contributed by atoms with Gasteiger partial charge in [0.2, 0.25) is 0 Å².